The van der Waals surface area contributed by atoms with E-state index in [1.165, 1.54) is 24.3 Å². The fraction of sp³-hybridized carbons (Fsp3) is 0.333. The van der Waals surface area contributed by atoms with Crippen LogP contribution in [0.25, 0.3) is 0 Å². The molecule has 2 amide bonds. The van der Waals surface area contributed by atoms with Crippen molar-refractivity contribution in [3.05, 3.63) is 35.4 Å². The summed E-state index contributed by atoms with van der Waals surface area (Å²) in [5.74, 6) is -1.14. The Morgan fingerprint density at radius 1 is 1.29 bits per heavy atom. The van der Waals surface area contributed by atoms with E-state index in [1.54, 1.807) is 6.92 Å². The van der Waals surface area contributed by atoms with Crippen LogP contribution in [0, 0.1) is 11.3 Å². The van der Waals surface area contributed by atoms with Crippen LogP contribution in [-0.2, 0) is 9.59 Å². The van der Waals surface area contributed by atoms with Crippen molar-refractivity contribution in [2.45, 2.75) is 32.2 Å². The molecule has 3 N–H and O–H groups in total. The topological polar surface area (TPSA) is 113 Å². The molecule has 0 radical (unpaired) electrons. The number of nitriles is 1. The van der Waals surface area contributed by atoms with Gasteiger partial charge in [-0.2, -0.15) is 5.26 Å². The number of carbonyl (C=O) groups is 3. The lowest BCUT2D eigenvalue weighted by Gasteiger charge is -2.15. The van der Waals surface area contributed by atoms with Crippen molar-refractivity contribution in [2.24, 2.45) is 5.73 Å². The Hall–Kier alpha value is -2.68. The average molecular weight is 287 g/mol. The SMILES string of the molecule is CCC(=O)CC[C@H](NC(=O)c1ccc(C#N)cc1)C(N)=O. The zero-order chi connectivity index (χ0) is 15.8. The van der Waals surface area contributed by atoms with Crippen molar-refractivity contribution in [3.63, 3.8) is 0 Å². The van der Waals surface area contributed by atoms with Crippen LogP contribution in [0.3, 0.4) is 0 Å². The number of nitrogens with one attached hydrogen (secondary N) is 1. The van der Waals surface area contributed by atoms with E-state index in [0.29, 0.717) is 17.5 Å². The lowest BCUT2D eigenvalue weighted by Crippen LogP contribution is -2.44. The first kappa shape index (κ1) is 16.4. The molecule has 0 saturated carbocycles. The number of nitrogens with two attached hydrogens (primary N) is 1. The zero-order valence-corrected chi connectivity index (χ0v) is 11.8. The molecule has 0 aliphatic heterocycles. The van der Waals surface area contributed by atoms with E-state index in [-0.39, 0.29) is 18.6 Å². The maximum absolute atomic E-state index is 12.0. The normalized spacial score (nSPS) is 11.2. The third-order valence-corrected chi connectivity index (χ3v) is 3.03. The Bertz CT molecular complexity index is 573. The second-order valence-electron chi connectivity index (χ2n) is 4.55. The highest BCUT2D eigenvalue weighted by Gasteiger charge is 2.19. The number of carbonyl (C=O) groups excluding carboxylic acids is 3. The fourth-order valence-corrected chi connectivity index (χ4v) is 1.71. The van der Waals surface area contributed by atoms with Crippen LogP contribution in [0.1, 0.15) is 42.1 Å². The number of ketones is 1. The van der Waals surface area contributed by atoms with Crippen molar-refractivity contribution in [3.8, 4) is 6.07 Å². The minimum Gasteiger partial charge on any atom is -0.368 e. The molecular weight excluding hydrogens is 270 g/mol. The van der Waals surface area contributed by atoms with Gasteiger partial charge in [-0.25, -0.2) is 0 Å². The molecule has 0 fully saturated rings. The van der Waals surface area contributed by atoms with Crippen molar-refractivity contribution in [1.29, 1.82) is 5.26 Å². The van der Waals surface area contributed by atoms with Gasteiger partial charge in [-0.15, -0.1) is 0 Å². The summed E-state index contributed by atoms with van der Waals surface area (Å²) in [7, 11) is 0. The molecule has 0 aliphatic carbocycles. The minimum absolute atomic E-state index is 0.00821. The molecule has 1 atom stereocenters. The second-order valence-corrected chi connectivity index (χ2v) is 4.55. The number of Topliss-reactive ketones (excluding diaryl/α,β-unsaturated/α-hetero) is 1. The fourth-order valence-electron chi connectivity index (χ4n) is 1.71. The highest BCUT2D eigenvalue weighted by atomic mass is 16.2. The molecule has 0 aliphatic rings. The predicted molar refractivity (Wildman–Crippen MR) is 76.1 cm³/mol. The summed E-state index contributed by atoms with van der Waals surface area (Å²) >= 11 is 0. The van der Waals surface area contributed by atoms with Gasteiger partial charge >= 0.3 is 0 Å². The summed E-state index contributed by atoms with van der Waals surface area (Å²) < 4.78 is 0. The van der Waals surface area contributed by atoms with Crippen LogP contribution in [0.4, 0.5) is 0 Å². The molecule has 0 saturated heterocycles. The van der Waals surface area contributed by atoms with Gasteiger partial charge in [0.25, 0.3) is 5.91 Å². The Morgan fingerprint density at radius 3 is 2.38 bits per heavy atom. The molecule has 0 unspecified atom stereocenters. The van der Waals surface area contributed by atoms with Crippen molar-refractivity contribution in [1.82, 2.24) is 5.32 Å². The Balaban J connectivity index is 2.69. The quantitative estimate of drug-likeness (QED) is 0.775. The van der Waals surface area contributed by atoms with Crippen molar-refractivity contribution < 1.29 is 14.4 Å². The first-order valence-corrected chi connectivity index (χ1v) is 6.60. The van der Waals surface area contributed by atoms with Crippen molar-refractivity contribution in [2.75, 3.05) is 0 Å². The van der Waals surface area contributed by atoms with Crippen LogP contribution in [0.2, 0.25) is 0 Å². The maximum Gasteiger partial charge on any atom is 0.251 e. The molecule has 0 heterocycles. The van der Waals surface area contributed by atoms with Crippen LogP contribution in [0.5, 0.6) is 0 Å². The lowest BCUT2D eigenvalue weighted by molar-refractivity contribution is -0.121. The highest BCUT2D eigenvalue weighted by Crippen LogP contribution is 2.06. The molecule has 6 heteroatoms. The monoisotopic (exact) mass is 287 g/mol. The largest absolute Gasteiger partial charge is 0.368 e. The first-order valence-electron chi connectivity index (χ1n) is 6.60. The standard InChI is InChI=1S/C15H17N3O3/c1-2-12(19)7-8-13(14(17)20)18-15(21)11-5-3-10(9-16)4-6-11/h3-6,13H,2,7-8H2,1H3,(H2,17,20)(H,18,21)/t13-/m0/s1. The molecule has 1 aromatic carbocycles. The summed E-state index contributed by atoms with van der Waals surface area (Å²) in [6, 6.07) is 7.06. The Labute approximate surface area is 122 Å². The van der Waals surface area contributed by atoms with E-state index in [9.17, 15) is 14.4 Å². The number of rotatable bonds is 7. The van der Waals surface area contributed by atoms with Gasteiger partial charge < -0.3 is 11.1 Å². The van der Waals surface area contributed by atoms with Gasteiger partial charge in [0.05, 0.1) is 11.6 Å². The van der Waals surface area contributed by atoms with Crippen LogP contribution in [-0.4, -0.2) is 23.6 Å². The van der Waals surface area contributed by atoms with Gasteiger partial charge in [0.15, 0.2) is 0 Å². The number of nitrogens with zero attached hydrogens (tertiary/aromatic N) is 1. The van der Waals surface area contributed by atoms with E-state index in [1.807, 2.05) is 6.07 Å². The smallest absolute Gasteiger partial charge is 0.251 e. The Kier molecular flexibility index (Phi) is 6.08. The minimum atomic E-state index is -0.886. The lowest BCUT2D eigenvalue weighted by atomic mass is 10.1. The zero-order valence-electron chi connectivity index (χ0n) is 11.8. The van der Waals surface area contributed by atoms with Gasteiger partial charge in [0.2, 0.25) is 5.91 Å². The second kappa shape index (κ2) is 7.80. The molecule has 1 rings (SSSR count). The molecule has 0 spiro atoms. The summed E-state index contributed by atoms with van der Waals surface area (Å²) in [5.41, 5.74) is 5.99. The first-order chi connectivity index (χ1) is 9.97. The number of hydrogen-bond donors (Lipinski definition) is 2. The van der Waals surface area contributed by atoms with Gasteiger partial charge in [0, 0.05) is 18.4 Å². The van der Waals surface area contributed by atoms with E-state index in [4.69, 9.17) is 11.0 Å². The number of primary amides is 1. The summed E-state index contributed by atoms with van der Waals surface area (Å²) in [5, 5.41) is 11.2. The molecule has 21 heavy (non-hydrogen) atoms. The van der Waals surface area contributed by atoms with Crippen molar-refractivity contribution >= 4 is 17.6 Å². The third-order valence-electron chi connectivity index (χ3n) is 3.03. The Morgan fingerprint density at radius 2 is 1.90 bits per heavy atom. The number of hydrogen-bond acceptors (Lipinski definition) is 4. The van der Waals surface area contributed by atoms with Gasteiger partial charge in [0.1, 0.15) is 11.8 Å². The number of benzene rings is 1. The van der Waals surface area contributed by atoms with Gasteiger partial charge in [-0.1, -0.05) is 6.92 Å². The highest BCUT2D eigenvalue weighted by molar-refractivity contribution is 5.97. The summed E-state index contributed by atoms with van der Waals surface area (Å²) in [4.78, 5) is 34.6. The van der Waals surface area contributed by atoms with Crippen LogP contribution < -0.4 is 11.1 Å². The van der Waals surface area contributed by atoms with Gasteiger partial charge in [-0.05, 0) is 30.7 Å². The number of amides is 2. The molecule has 110 valence electrons. The maximum atomic E-state index is 12.0. The molecular formula is C15H17N3O3. The predicted octanol–water partition coefficient (Wildman–Crippen LogP) is 0.901. The molecule has 6 nitrogen and oxygen atoms in total. The van der Waals surface area contributed by atoms with E-state index in [0.717, 1.165) is 0 Å². The summed E-state index contributed by atoms with van der Waals surface area (Å²) in [6.07, 6.45) is 0.761. The van der Waals surface area contributed by atoms with Crippen LogP contribution in [0.15, 0.2) is 24.3 Å². The molecule has 0 bridgehead atoms. The van der Waals surface area contributed by atoms with E-state index >= 15 is 0 Å². The van der Waals surface area contributed by atoms with E-state index in [2.05, 4.69) is 5.32 Å². The average Bonchev–Trinajstić information content (AvgIpc) is 2.50. The summed E-state index contributed by atoms with van der Waals surface area (Å²) in [6.45, 7) is 1.73. The van der Waals surface area contributed by atoms with E-state index < -0.39 is 17.9 Å². The molecule has 0 aromatic heterocycles. The van der Waals surface area contributed by atoms with Crippen LogP contribution >= 0.6 is 0 Å². The molecule has 1 aromatic rings. The van der Waals surface area contributed by atoms with Gasteiger partial charge in [-0.3, -0.25) is 14.4 Å². The third kappa shape index (κ3) is 5.07.